The number of amides is 1. The van der Waals surface area contributed by atoms with Crippen molar-refractivity contribution >= 4 is 12.0 Å². The minimum Gasteiger partial charge on any atom is -0.497 e. The minimum absolute atomic E-state index is 0.0233. The van der Waals surface area contributed by atoms with E-state index in [4.69, 9.17) is 4.74 Å². The fraction of sp³-hybridized carbons (Fsp3) is 0.526. The van der Waals surface area contributed by atoms with Gasteiger partial charge in [0.1, 0.15) is 5.75 Å². The van der Waals surface area contributed by atoms with Crippen LogP contribution in [0, 0.1) is 5.41 Å². The third-order valence-electron chi connectivity index (χ3n) is 3.75. The minimum atomic E-state index is -0.0634. The first-order valence-corrected chi connectivity index (χ1v) is 7.99. The van der Waals surface area contributed by atoms with E-state index in [9.17, 15) is 4.79 Å². The molecular weight excluding hydrogens is 288 g/mol. The fourth-order valence-corrected chi connectivity index (χ4v) is 2.25. The summed E-state index contributed by atoms with van der Waals surface area (Å²) >= 11 is 0. The second kappa shape index (κ2) is 8.73. The molecule has 1 unspecified atom stereocenters. The zero-order valence-corrected chi connectivity index (χ0v) is 15.2. The molecule has 1 aromatic rings. The van der Waals surface area contributed by atoms with Gasteiger partial charge in [-0.3, -0.25) is 4.79 Å². The lowest BCUT2D eigenvalue weighted by molar-refractivity contribution is -0.117. The van der Waals surface area contributed by atoms with Crippen LogP contribution in [-0.2, 0) is 4.79 Å². The Morgan fingerprint density at radius 1 is 1.35 bits per heavy atom. The molecule has 0 radical (unpaired) electrons. The van der Waals surface area contributed by atoms with Crippen LogP contribution < -0.4 is 10.1 Å². The largest absolute Gasteiger partial charge is 0.497 e. The molecule has 0 bridgehead atoms. The van der Waals surface area contributed by atoms with E-state index in [-0.39, 0.29) is 17.4 Å². The van der Waals surface area contributed by atoms with Gasteiger partial charge in [0.05, 0.1) is 7.11 Å². The third-order valence-corrected chi connectivity index (χ3v) is 3.75. The van der Waals surface area contributed by atoms with Gasteiger partial charge in [-0.05, 0) is 56.2 Å². The summed E-state index contributed by atoms with van der Waals surface area (Å²) in [5.74, 6) is 0.720. The zero-order chi connectivity index (χ0) is 17.5. The quantitative estimate of drug-likeness (QED) is 0.785. The maximum absolute atomic E-state index is 12.2. The zero-order valence-electron chi connectivity index (χ0n) is 15.2. The molecule has 0 saturated carbocycles. The Kier molecular flexibility index (Phi) is 7.30. The molecule has 0 aliphatic heterocycles. The first-order valence-electron chi connectivity index (χ1n) is 7.99. The molecule has 128 valence electrons. The summed E-state index contributed by atoms with van der Waals surface area (Å²) in [4.78, 5) is 14.4. The number of carbonyl (C=O) groups excluding carboxylic acids is 1. The molecule has 0 fully saturated rings. The fourth-order valence-electron chi connectivity index (χ4n) is 2.25. The molecule has 0 heterocycles. The van der Waals surface area contributed by atoms with Crippen molar-refractivity contribution < 1.29 is 9.53 Å². The van der Waals surface area contributed by atoms with Crippen LogP contribution in [0.4, 0.5) is 0 Å². The molecule has 1 N–H and O–H groups in total. The maximum Gasteiger partial charge on any atom is 0.244 e. The summed E-state index contributed by atoms with van der Waals surface area (Å²) in [7, 11) is 5.72. The standard InChI is InChI=1S/C19H30N2O2/c1-19(2,3)17(12-13-21(4)5)20-18(22)11-10-15-8-7-9-16(14-15)23-6/h7-11,14,17H,12-13H2,1-6H3,(H,20,22)/b11-10+. The number of benzene rings is 1. The lowest BCUT2D eigenvalue weighted by Crippen LogP contribution is -2.44. The van der Waals surface area contributed by atoms with Crippen molar-refractivity contribution in [2.75, 3.05) is 27.7 Å². The van der Waals surface area contributed by atoms with E-state index in [1.807, 2.05) is 44.4 Å². The molecule has 4 heteroatoms. The first kappa shape index (κ1) is 19.2. The number of nitrogens with zero attached hydrogens (tertiary/aromatic N) is 1. The predicted molar refractivity (Wildman–Crippen MR) is 96.6 cm³/mol. The van der Waals surface area contributed by atoms with Gasteiger partial charge in [-0.25, -0.2) is 0 Å². The number of carbonyl (C=O) groups is 1. The number of nitrogens with one attached hydrogen (secondary N) is 1. The van der Waals surface area contributed by atoms with Gasteiger partial charge in [0.25, 0.3) is 0 Å². The number of rotatable bonds is 7. The number of hydrogen-bond acceptors (Lipinski definition) is 3. The number of hydrogen-bond donors (Lipinski definition) is 1. The number of ether oxygens (including phenoxy) is 1. The lowest BCUT2D eigenvalue weighted by atomic mass is 9.84. The molecule has 1 amide bonds. The van der Waals surface area contributed by atoms with E-state index in [0.717, 1.165) is 24.3 Å². The van der Waals surface area contributed by atoms with E-state index in [2.05, 4.69) is 31.0 Å². The van der Waals surface area contributed by atoms with Gasteiger partial charge in [-0.2, -0.15) is 0 Å². The highest BCUT2D eigenvalue weighted by Gasteiger charge is 2.25. The highest BCUT2D eigenvalue weighted by molar-refractivity contribution is 5.92. The van der Waals surface area contributed by atoms with Gasteiger partial charge in [0, 0.05) is 12.1 Å². The van der Waals surface area contributed by atoms with Crippen molar-refractivity contribution in [3.05, 3.63) is 35.9 Å². The van der Waals surface area contributed by atoms with Crippen LogP contribution in [0.1, 0.15) is 32.8 Å². The Balaban J connectivity index is 2.69. The molecule has 0 spiro atoms. The van der Waals surface area contributed by atoms with E-state index >= 15 is 0 Å². The molecule has 1 aromatic carbocycles. The van der Waals surface area contributed by atoms with Crippen LogP contribution in [-0.4, -0.2) is 44.6 Å². The molecule has 0 aromatic heterocycles. The Morgan fingerprint density at radius 2 is 2.04 bits per heavy atom. The molecule has 23 heavy (non-hydrogen) atoms. The average Bonchev–Trinajstić information content (AvgIpc) is 2.48. The van der Waals surface area contributed by atoms with Crippen molar-refractivity contribution in [2.45, 2.75) is 33.2 Å². The highest BCUT2D eigenvalue weighted by Crippen LogP contribution is 2.22. The van der Waals surface area contributed by atoms with E-state index in [0.29, 0.717) is 0 Å². The van der Waals surface area contributed by atoms with Crippen LogP contribution in [0.15, 0.2) is 30.3 Å². The lowest BCUT2D eigenvalue weighted by Gasteiger charge is -2.32. The monoisotopic (exact) mass is 318 g/mol. The summed E-state index contributed by atoms with van der Waals surface area (Å²) in [6, 6.07) is 7.77. The van der Waals surface area contributed by atoms with Crippen molar-refractivity contribution in [1.29, 1.82) is 0 Å². The van der Waals surface area contributed by atoms with Gasteiger partial charge in [-0.1, -0.05) is 32.9 Å². The maximum atomic E-state index is 12.2. The van der Waals surface area contributed by atoms with Crippen molar-refractivity contribution in [1.82, 2.24) is 10.2 Å². The van der Waals surface area contributed by atoms with Crippen LogP contribution in [0.3, 0.4) is 0 Å². The van der Waals surface area contributed by atoms with Gasteiger partial charge in [0.2, 0.25) is 5.91 Å². The van der Waals surface area contributed by atoms with Crippen molar-refractivity contribution in [2.24, 2.45) is 5.41 Å². The predicted octanol–water partition coefficient (Wildman–Crippen LogP) is 3.19. The summed E-state index contributed by atoms with van der Waals surface area (Å²) in [6.07, 6.45) is 4.32. The third kappa shape index (κ3) is 7.33. The second-order valence-corrected chi connectivity index (χ2v) is 7.13. The Morgan fingerprint density at radius 3 is 2.61 bits per heavy atom. The van der Waals surface area contributed by atoms with Crippen LogP contribution in [0.5, 0.6) is 5.75 Å². The molecule has 1 rings (SSSR count). The molecule has 1 atom stereocenters. The summed E-state index contributed by atoms with van der Waals surface area (Å²) in [5.41, 5.74) is 0.968. The van der Waals surface area contributed by atoms with Crippen molar-refractivity contribution in [3.8, 4) is 5.75 Å². The summed E-state index contributed by atoms with van der Waals surface area (Å²) < 4.78 is 5.19. The Bertz CT molecular complexity index is 530. The van der Waals surface area contributed by atoms with Gasteiger partial charge < -0.3 is 15.0 Å². The van der Waals surface area contributed by atoms with Crippen molar-refractivity contribution in [3.63, 3.8) is 0 Å². The van der Waals surface area contributed by atoms with Crippen LogP contribution >= 0.6 is 0 Å². The smallest absolute Gasteiger partial charge is 0.244 e. The van der Waals surface area contributed by atoms with E-state index in [1.54, 1.807) is 13.2 Å². The SMILES string of the molecule is COc1cccc(/C=C/C(=O)NC(CCN(C)C)C(C)(C)C)c1. The topological polar surface area (TPSA) is 41.6 Å². The van der Waals surface area contributed by atoms with E-state index in [1.165, 1.54) is 0 Å². The van der Waals surface area contributed by atoms with Gasteiger partial charge in [0.15, 0.2) is 0 Å². The number of methoxy groups -OCH3 is 1. The molecule has 4 nitrogen and oxygen atoms in total. The Hall–Kier alpha value is -1.81. The molecule has 0 aliphatic carbocycles. The summed E-state index contributed by atoms with van der Waals surface area (Å²) in [6.45, 7) is 7.40. The Labute approximate surface area is 140 Å². The average molecular weight is 318 g/mol. The van der Waals surface area contributed by atoms with Gasteiger partial charge in [-0.15, -0.1) is 0 Å². The highest BCUT2D eigenvalue weighted by atomic mass is 16.5. The first-order chi connectivity index (χ1) is 10.7. The molecule has 0 aliphatic rings. The van der Waals surface area contributed by atoms with Crippen LogP contribution in [0.25, 0.3) is 6.08 Å². The van der Waals surface area contributed by atoms with Gasteiger partial charge >= 0.3 is 0 Å². The van der Waals surface area contributed by atoms with Crippen LogP contribution in [0.2, 0.25) is 0 Å². The molecule has 0 saturated heterocycles. The normalized spacial score (nSPS) is 13.3. The molecular formula is C19H30N2O2. The van der Waals surface area contributed by atoms with E-state index < -0.39 is 0 Å². The summed E-state index contributed by atoms with van der Waals surface area (Å²) in [5, 5.41) is 3.13. The second-order valence-electron chi connectivity index (χ2n) is 7.13.